The average Bonchev–Trinajstić information content (AvgIpc) is 3.28. The number of anilines is 2. The lowest BCUT2D eigenvalue weighted by Gasteiger charge is -2.36. The number of hydrogen-bond acceptors (Lipinski definition) is 5. The SMILES string of the molecule is O=C1CC[C@H](N2C(=O)c3cccc4c(Cc5ccc(CN6CCN(c7ccc(Cl)cc7F)CC6)cc5)ccc2c34)C(=O)N1. The van der Waals surface area contributed by atoms with Crippen LogP contribution in [0.15, 0.2) is 72.8 Å². The Hall–Kier alpha value is -4.27. The minimum Gasteiger partial charge on any atom is -0.367 e. The van der Waals surface area contributed by atoms with Gasteiger partial charge < -0.3 is 4.90 Å². The Morgan fingerprint density at radius 2 is 1.60 bits per heavy atom. The van der Waals surface area contributed by atoms with Gasteiger partial charge in [-0.05, 0) is 65.3 Å². The third-order valence-corrected chi connectivity index (χ3v) is 9.02. The summed E-state index contributed by atoms with van der Waals surface area (Å²) in [4.78, 5) is 43.7. The van der Waals surface area contributed by atoms with Gasteiger partial charge in [-0.25, -0.2) is 4.39 Å². The number of carbonyl (C=O) groups is 3. The summed E-state index contributed by atoms with van der Waals surface area (Å²) < 4.78 is 14.4. The molecule has 0 saturated carbocycles. The number of amides is 3. The summed E-state index contributed by atoms with van der Waals surface area (Å²) in [5, 5.41) is 4.65. The van der Waals surface area contributed by atoms with Crippen LogP contribution < -0.4 is 15.1 Å². The van der Waals surface area contributed by atoms with Gasteiger partial charge in [-0.3, -0.25) is 29.5 Å². The molecular weight excluding hydrogens is 567 g/mol. The maximum atomic E-state index is 14.4. The number of hydrogen-bond donors (Lipinski definition) is 1. The molecule has 4 aromatic rings. The summed E-state index contributed by atoms with van der Waals surface area (Å²) in [5.74, 6) is -1.21. The van der Waals surface area contributed by atoms with Crippen molar-refractivity contribution in [3.8, 4) is 0 Å². The topological polar surface area (TPSA) is 73.0 Å². The van der Waals surface area contributed by atoms with E-state index in [2.05, 4.69) is 39.4 Å². The standard InChI is InChI=1S/C34H30ClFN4O3/c35-24-9-11-28(27(36)19-24)39-16-14-38(15-17-39)20-22-6-4-21(5-7-22)18-23-8-10-29-32-25(23)2-1-3-26(32)34(43)40(29)30-12-13-31(41)37-33(30)42/h1-11,19,30H,12-18,20H2,(H,37,41,42)/t30-/m0/s1. The number of nitrogens with one attached hydrogen (secondary N) is 1. The Morgan fingerprint density at radius 3 is 2.35 bits per heavy atom. The highest BCUT2D eigenvalue weighted by Gasteiger charge is 2.40. The molecule has 0 radical (unpaired) electrons. The molecule has 4 aromatic carbocycles. The van der Waals surface area contributed by atoms with E-state index in [0.717, 1.165) is 54.7 Å². The molecule has 3 heterocycles. The molecule has 0 aromatic heterocycles. The monoisotopic (exact) mass is 596 g/mol. The first-order valence-corrected chi connectivity index (χ1v) is 15.0. The third kappa shape index (κ3) is 5.15. The van der Waals surface area contributed by atoms with Crippen molar-refractivity contribution in [3.63, 3.8) is 0 Å². The first-order valence-electron chi connectivity index (χ1n) is 14.6. The molecule has 2 saturated heterocycles. The molecule has 3 aliphatic heterocycles. The number of imide groups is 1. The summed E-state index contributed by atoms with van der Waals surface area (Å²) in [6.07, 6.45) is 1.24. The van der Waals surface area contributed by atoms with Gasteiger partial charge in [0.2, 0.25) is 11.8 Å². The van der Waals surface area contributed by atoms with E-state index in [-0.39, 0.29) is 24.1 Å². The molecule has 1 N–H and O–H groups in total. The van der Waals surface area contributed by atoms with Gasteiger partial charge in [0, 0.05) is 55.1 Å². The summed E-state index contributed by atoms with van der Waals surface area (Å²) in [6.45, 7) is 4.03. The van der Waals surface area contributed by atoms with Crippen molar-refractivity contribution >= 4 is 51.5 Å². The van der Waals surface area contributed by atoms with E-state index in [0.29, 0.717) is 29.1 Å². The largest absolute Gasteiger partial charge is 0.367 e. The van der Waals surface area contributed by atoms with Crippen LogP contribution in [0.5, 0.6) is 0 Å². The summed E-state index contributed by atoms with van der Waals surface area (Å²) in [7, 11) is 0. The number of benzene rings is 4. The van der Waals surface area contributed by atoms with Gasteiger partial charge in [0.1, 0.15) is 11.9 Å². The fourth-order valence-electron chi connectivity index (χ4n) is 6.58. The number of halogens is 2. The van der Waals surface area contributed by atoms with Crippen LogP contribution in [0, 0.1) is 5.82 Å². The summed E-state index contributed by atoms with van der Waals surface area (Å²) in [6, 6.07) is 22.5. The Bertz CT molecular complexity index is 1770. The normalized spacial score (nSPS) is 18.9. The van der Waals surface area contributed by atoms with Crippen LogP contribution in [0.3, 0.4) is 0 Å². The Kier molecular flexibility index (Phi) is 7.11. The van der Waals surface area contributed by atoms with E-state index in [1.807, 2.05) is 30.3 Å². The van der Waals surface area contributed by atoms with E-state index in [4.69, 9.17) is 11.6 Å². The second kappa shape index (κ2) is 11.1. The minimum atomic E-state index is -0.694. The maximum Gasteiger partial charge on any atom is 0.259 e. The number of carbonyl (C=O) groups excluding carboxylic acids is 3. The third-order valence-electron chi connectivity index (χ3n) is 8.79. The highest BCUT2D eigenvalue weighted by Crippen LogP contribution is 2.41. The molecule has 3 aliphatic rings. The van der Waals surface area contributed by atoms with Gasteiger partial charge >= 0.3 is 0 Å². The second-order valence-corrected chi connectivity index (χ2v) is 11.9. The lowest BCUT2D eigenvalue weighted by Crippen LogP contribution is -2.53. The van der Waals surface area contributed by atoms with Gasteiger partial charge in [-0.2, -0.15) is 0 Å². The van der Waals surface area contributed by atoms with Gasteiger partial charge in [-0.1, -0.05) is 54.1 Å². The smallest absolute Gasteiger partial charge is 0.259 e. The van der Waals surface area contributed by atoms with Crippen LogP contribution in [-0.4, -0.2) is 54.8 Å². The van der Waals surface area contributed by atoms with Crippen LogP contribution in [0.2, 0.25) is 5.02 Å². The van der Waals surface area contributed by atoms with Gasteiger partial charge in [0.05, 0.1) is 11.4 Å². The molecule has 7 nitrogen and oxygen atoms in total. The van der Waals surface area contributed by atoms with Crippen molar-refractivity contribution in [2.45, 2.75) is 31.8 Å². The number of piperazine rings is 1. The highest BCUT2D eigenvalue weighted by atomic mass is 35.5. The molecule has 0 aliphatic carbocycles. The zero-order chi connectivity index (χ0) is 29.7. The van der Waals surface area contributed by atoms with Crippen molar-refractivity contribution in [3.05, 3.63) is 106 Å². The zero-order valence-corrected chi connectivity index (χ0v) is 24.2. The molecule has 0 unspecified atom stereocenters. The first-order chi connectivity index (χ1) is 20.9. The van der Waals surface area contributed by atoms with E-state index >= 15 is 0 Å². The molecular formula is C34H30ClFN4O3. The van der Waals surface area contributed by atoms with E-state index < -0.39 is 11.9 Å². The van der Waals surface area contributed by atoms with Crippen molar-refractivity contribution in [1.29, 1.82) is 0 Å². The van der Waals surface area contributed by atoms with Crippen molar-refractivity contribution < 1.29 is 18.8 Å². The van der Waals surface area contributed by atoms with Crippen LogP contribution >= 0.6 is 11.6 Å². The van der Waals surface area contributed by atoms with Crippen molar-refractivity contribution in [2.75, 3.05) is 36.0 Å². The maximum absolute atomic E-state index is 14.4. The Labute approximate surface area is 253 Å². The van der Waals surface area contributed by atoms with Crippen molar-refractivity contribution in [2.24, 2.45) is 0 Å². The zero-order valence-electron chi connectivity index (χ0n) is 23.5. The molecule has 1 atom stereocenters. The van der Waals surface area contributed by atoms with Crippen molar-refractivity contribution in [1.82, 2.24) is 10.2 Å². The first kappa shape index (κ1) is 27.6. The molecule has 9 heteroatoms. The van der Waals surface area contributed by atoms with Crippen LogP contribution in [0.1, 0.15) is 39.9 Å². The quantitative estimate of drug-likeness (QED) is 0.306. The van der Waals surface area contributed by atoms with Crippen LogP contribution in [0.4, 0.5) is 15.8 Å². The van der Waals surface area contributed by atoms with E-state index in [1.54, 1.807) is 17.0 Å². The number of piperidine rings is 1. The Morgan fingerprint density at radius 1 is 0.860 bits per heavy atom. The predicted octanol–water partition coefficient (Wildman–Crippen LogP) is 5.31. The van der Waals surface area contributed by atoms with Crippen LogP contribution in [-0.2, 0) is 22.6 Å². The van der Waals surface area contributed by atoms with E-state index in [1.165, 1.54) is 17.2 Å². The van der Waals surface area contributed by atoms with Crippen LogP contribution in [0.25, 0.3) is 10.8 Å². The average molecular weight is 597 g/mol. The minimum absolute atomic E-state index is 0.198. The van der Waals surface area contributed by atoms with Gasteiger partial charge in [0.25, 0.3) is 5.91 Å². The van der Waals surface area contributed by atoms with Gasteiger partial charge in [-0.15, -0.1) is 0 Å². The van der Waals surface area contributed by atoms with E-state index in [9.17, 15) is 18.8 Å². The molecule has 43 heavy (non-hydrogen) atoms. The lowest BCUT2D eigenvalue weighted by molar-refractivity contribution is -0.134. The number of rotatable bonds is 6. The summed E-state index contributed by atoms with van der Waals surface area (Å²) >= 11 is 5.91. The summed E-state index contributed by atoms with van der Waals surface area (Å²) in [5.41, 5.74) is 5.41. The fourth-order valence-corrected chi connectivity index (χ4v) is 6.74. The Balaban J connectivity index is 1.04. The molecule has 2 fully saturated rings. The lowest BCUT2D eigenvalue weighted by atomic mass is 9.95. The highest BCUT2D eigenvalue weighted by molar-refractivity contribution is 6.30. The molecule has 3 amide bonds. The number of nitrogens with zero attached hydrogens (tertiary/aromatic N) is 3. The molecule has 0 bridgehead atoms. The molecule has 7 rings (SSSR count). The van der Waals surface area contributed by atoms with Gasteiger partial charge in [0.15, 0.2) is 0 Å². The second-order valence-electron chi connectivity index (χ2n) is 11.5. The fraction of sp³-hybridized carbons (Fsp3) is 0.265. The molecule has 0 spiro atoms. The predicted molar refractivity (Wildman–Crippen MR) is 165 cm³/mol. The molecule has 218 valence electrons.